The lowest BCUT2D eigenvalue weighted by atomic mass is 9.74. The number of piperidine rings is 1. The third-order valence-corrected chi connectivity index (χ3v) is 7.47. The van der Waals surface area contributed by atoms with Gasteiger partial charge in [-0.3, -0.25) is 4.79 Å². The molecule has 0 unspecified atom stereocenters. The fourth-order valence-corrected chi connectivity index (χ4v) is 5.54. The summed E-state index contributed by atoms with van der Waals surface area (Å²) in [6.07, 6.45) is 1.36. The van der Waals surface area contributed by atoms with Gasteiger partial charge in [-0.25, -0.2) is 8.42 Å². The quantitative estimate of drug-likeness (QED) is 0.829. The largest absolute Gasteiger partial charge is 0.481 e. The third-order valence-electron chi connectivity index (χ3n) is 5.49. The van der Waals surface area contributed by atoms with E-state index in [-0.39, 0.29) is 30.3 Å². The molecule has 1 heterocycles. The molecule has 1 aromatic carbocycles. The SMILES string of the molecule is Cc1ccc(C)c(S(=O)(=O)N2CC[C@H](O)[C@@](CC3CC3)(C(=O)O)C2)c1. The van der Waals surface area contributed by atoms with E-state index < -0.39 is 27.5 Å². The lowest BCUT2D eigenvalue weighted by Crippen LogP contribution is -2.57. The predicted molar refractivity (Wildman–Crippen MR) is 92.7 cm³/mol. The van der Waals surface area contributed by atoms with E-state index in [9.17, 15) is 23.4 Å². The second-order valence-electron chi connectivity index (χ2n) is 7.52. The van der Waals surface area contributed by atoms with Gasteiger partial charge in [-0.1, -0.05) is 25.0 Å². The molecule has 7 heteroatoms. The Morgan fingerprint density at radius 1 is 1.28 bits per heavy atom. The van der Waals surface area contributed by atoms with Crippen molar-refractivity contribution in [2.24, 2.45) is 11.3 Å². The number of nitrogens with zero attached hydrogens (tertiary/aromatic N) is 1. The van der Waals surface area contributed by atoms with E-state index in [1.54, 1.807) is 19.1 Å². The molecular weight excluding hydrogens is 342 g/mol. The van der Waals surface area contributed by atoms with Crippen molar-refractivity contribution in [3.63, 3.8) is 0 Å². The molecule has 0 radical (unpaired) electrons. The average molecular weight is 367 g/mol. The lowest BCUT2D eigenvalue weighted by molar-refractivity contribution is -0.162. The summed E-state index contributed by atoms with van der Waals surface area (Å²) < 4.78 is 27.5. The van der Waals surface area contributed by atoms with Crippen molar-refractivity contribution >= 4 is 16.0 Å². The number of aryl methyl sites for hydroxylation is 2. The Morgan fingerprint density at radius 3 is 2.56 bits per heavy atom. The molecule has 1 aliphatic heterocycles. The molecule has 2 N–H and O–H groups in total. The zero-order valence-corrected chi connectivity index (χ0v) is 15.4. The second kappa shape index (κ2) is 6.37. The summed E-state index contributed by atoms with van der Waals surface area (Å²) in [5.41, 5.74) is 0.0630. The topological polar surface area (TPSA) is 94.9 Å². The Kier molecular flexibility index (Phi) is 4.68. The molecule has 0 spiro atoms. The van der Waals surface area contributed by atoms with Crippen LogP contribution in [0.3, 0.4) is 0 Å². The van der Waals surface area contributed by atoms with Crippen molar-refractivity contribution in [2.75, 3.05) is 13.1 Å². The number of aliphatic hydroxyl groups excluding tert-OH is 1. The average Bonchev–Trinajstić information content (AvgIpc) is 3.35. The highest BCUT2D eigenvalue weighted by molar-refractivity contribution is 7.89. The highest BCUT2D eigenvalue weighted by Crippen LogP contribution is 2.46. The zero-order valence-electron chi connectivity index (χ0n) is 14.6. The minimum atomic E-state index is -3.80. The van der Waals surface area contributed by atoms with Gasteiger partial charge >= 0.3 is 5.97 Å². The van der Waals surface area contributed by atoms with Crippen molar-refractivity contribution in [1.29, 1.82) is 0 Å². The number of hydrogen-bond donors (Lipinski definition) is 2. The van der Waals surface area contributed by atoms with E-state index >= 15 is 0 Å². The summed E-state index contributed by atoms with van der Waals surface area (Å²) in [7, 11) is -3.80. The number of aliphatic hydroxyl groups is 1. The number of carboxylic acid groups (broad SMARTS) is 1. The van der Waals surface area contributed by atoms with Crippen LogP contribution in [0.15, 0.2) is 23.1 Å². The normalized spacial score (nSPS) is 28.0. The molecule has 2 fully saturated rings. The van der Waals surface area contributed by atoms with Crippen LogP contribution in [0, 0.1) is 25.2 Å². The maximum atomic E-state index is 13.1. The van der Waals surface area contributed by atoms with Crippen LogP contribution in [-0.2, 0) is 14.8 Å². The third kappa shape index (κ3) is 3.32. The molecule has 1 aliphatic carbocycles. The van der Waals surface area contributed by atoms with Crippen molar-refractivity contribution < 1.29 is 23.4 Å². The molecule has 0 bridgehead atoms. The monoisotopic (exact) mass is 367 g/mol. The molecule has 25 heavy (non-hydrogen) atoms. The molecule has 1 aromatic rings. The summed E-state index contributed by atoms with van der Waals surface area (Å²) in [4.78, 5) is 12.2. The number of carboxylic acids is 1. The summed E-state index contributed by atoms with van der Waals surface area (Å²) in [5, 5.41) is 20.2. The molecule has 0 aromatic heterocycles. The minimum absolute atomic E-state index is 0.135. The highest BCUT2D eigenvalue weighted by Gasteiger charge is 2.53. The maximum absolute atomic E-state index is 13.1. The number of sulfonamides is 1. The zero-order chi connectivity index (χ0) is 18.4. The van der Waals surface area contributed by atoms with E-state index in [2.05, 4.69) is 0 Å². The molecule has 2 aliphatic rings. The Balaban J connectivity index is 1.96. The Bertz CT molecular complexity index is 787. The van der Waals surface area contributed by atoms with Crippen LogP contribution in [0.5, 0.6) is 0 Å². The molecule has 0 amide bonds. The first-order valence-electron chi connectivity index (χ1n) is 8.66. The highest BCUT2D eigenvalue weighted by atomic mass is 32.2. The maximum Gasteiger partial charge on any atom is 0.313 e. The van der Waals surface area contributed by atoms with Crippen LogP contribution in [-0.4, -0.2) is 48.1 Å². The summed E-state index contributed by atoms with van der Waals surface area (Å²) in [5.74, 6) is -0.832. The molecule has 2 atom stereocenters. The number of benzene rings is 1. The van der Waals surface area contributed by atoms with E-state index in [4.69, 9.17) is 0 Å². The van der Waals surface area contributed by atoms with Crippen LogP contribution in [0.1, 0.15) is 36.8 Å². The van der Waals surface area contributed by atoms with Gasteiger partial charge in [0.15, 0.2) is 0 Å². The fourth-order valence-electron chi connectivity index (χ4n) is 3.71. The molecular formula is C18H25NO5S. The summed E-state index contributed by atoms with van der Waals surface area (Å²) in [6.45, 7) is 3.53. The molecule has 1 saturated carbocycles. The van der Waals surface area contributed by atoms with Crippen molar-refractivity contribution in [1.82, 2.24) is 4.31 Å². The van der Waals surface area contributed by atoms with Crippen molar-refractivity contribution in [3.05, 3.63) is 29.3 Å². The fraction of sp³-hybridized carbons (Fsp3) is 0.611. The van der Waals surface area contributed by atoms with Gasteiger partial charge in [0.2, 0.25) is 10.0 Å². The molecule has 138 valence electrons. The van der Waals surface area contributed by atoms with Crippen LogP contribution in [0.4, 0.5) is 0 Å². The summed E-state index contributed by atoms with van der Waals surface area (Å²) >= 11 is 0. The van der Waals surface area contributed by atoms with Gasteiger partial charge in [-0.2, -0.15) is 4.31 Å². The van der Waals surface area contributed by atoms with Gasteiger partial charge in [0.05, 0.1) is 11.0 Å². The number of carbonyl (C=O) groups is 1. The Labute approximate surface area is 148 Å². The first kappa shape index (κ1) is 18.4. The first-order chi connectivity index (χ1) is 11.7. The predicted octanol–water partition coefficient (Wildman–Crippen LogP) is 1.93. The van der Waals surface area contributed by atoms with Crippen molar-refractivity contribution in [3.8, 4) is 0 Å². The first-order valence-corrected chi connectivity index (χ1v) is 10.1. The van der Waals surface area contributed by atoms with Crippen molar-refractivity contribution in [2.45, 2.75) is 50.5 Å². The van der Waals surface area contributed by atoms with Crippen LogP contribution < -0.4 is 0 Å². The minimum Gasteiger partial charge on any atom is -0.481 e. The Morgan fingerprint density at radius 2 is 1.96 bits per heavy atom. The van der Waals surface area contributed by atoms with Gasteiger partial charge in [-0.05, 0) is 49.8 Å². The summed E-state index contributed by atoms with van der Waals surface area (Å²) in [6, 6.07) is 5.23. The van der Waals surface area contributed by atoms with E-state index in [0.717, 1.165) is 18.4 Å². The van der Waals surface area contributed by atoms with Gasteiger partial charge in [-0.15, -0.1) is 0 Å². The lowest BCUT2D eigenvalue weighted by Gasteiger charge is -2.43. The standard InChI is InChI=1S/C18H25NO5S/c1-12-3-4-13(2)15(9-12)25(23,24)19-8-7-16(20)18(11-19,17(21)22)10-14-5-6-14/h3-4,9,14,16,20H,5-8,10-11H2,1-2H3,(H,21,22)/t16-,18-/m0/s1. The van der Waals surface area contributed by atoms with E-state index in [1.807, 2.05) is 13.0 Å². The number of rotatable bonds is 5. The second-order valence-corrected chi connectivity index (χ2v) is 9.43. The van der Waals surface area contributed by atoms with Crippen LogP contribution >= 0.6 is 0 Å². The van der Waals surface area contributed by atoms with E-state index in [1.165, 1.54) is 4.31 Å². The smallest absolute Gasteiger partial charge is 0.313 e. The van der Waals surface area contributed by atoms with Gasteiger partial charge in [0.1, 0.15) is 5.41 Å². The van der Waals surface area contributed by atoms with Crippen LogP contribution in [0.2, 0.25) is 0 Å². The van der Waals surface area contributed by atoms with Gasteiger partial charge < -0.3 is 10.2 Å². The molecule has 3 rings (SSSR count). The van der Waals surface area contributed by atoms with Gasteiger partial charge in [0, 0.05) is 13.1 Å². The number of aliphatic carboxylic acids is 1. The Hall–Kier alpha value is -1.44. The molecule has 6 nitrogen and oxygen atoms in total. The van der Waals surface area contributed by atoms with Gasteiger partial charge in [0.25, 0.3) is 0 Å². The van der Waals surface area contributed by atoms with Crippen LogP contribution in [0.25, 0.3) is 0 Å². The number of hydrogen-bond acceptors (Lipinski definition) is 4. The molecule has 1 saturated heterocycles. The van der Waals surface area contributed by atoms with E-state index in [0.29, 0.717) is 12.0 Å².